The van der Waals surface area contributed by atoms with Crippen molar-refractivity contribution in [2.45, 2.75) is 65.5 Å². The summed E-state index contributed by atoms with van der Waals surface area (Å²) in [5.74, 6) is 1.61. The van der Waals surface area contributed by atoms with Gasteiger partial charge >= 0.3 is 0 Å². The van der Waals surface area contributed by atoms with E-state index in [0.29, 0.717) is 11.2 Å². The Labute approximate surface area is 196 Å². The Morgan fingerprint density at radius 1 is 1.03 bits per heavy atom. The fourth-order valence-electron chi connectivity index (χ4n) is 4.63. The number of nitrogens with one attached hydrogen (secondary N) is 1. The van der Waals surface area contributed by atoms with Gasteiger partial charge in [0, 0.05) is 24.9 Å². The first-order valence-electron chi connectivity index (χ1n) is 12.4. The minimum absolute atomic E-state index is 0.515. The summed E-state index contributed by atoms with van der Waals surface area (Å²) >= 11 is 0. The van der Waals surface area contributed by atoms with Gasteiger partial charge in [0.25, 0.3) is 0 Å². The van der Waals surface area contributed by atoms with Gasteiger partial charge in [-0.15, -0.1) is 0 Å². The Morgan fingerprint density at radius 2 is 1.79 bits per heavy atom. The summed E-state index contributed by atoms with van der Waals surface area (Å²) in [6.07, 6.45) is 7.26. The molecule has 1 saturated carbocycles. The first-order valence-corrected chi connectivity index (χ1v) is 12.4. The first-order chi connectivity index (χ1) is 16.1. The van der Waals surface area contributed by atoms with Gasteiger partial charge in [-0.25, -0.2) is 9.97 Å². The summed E-state index contributed by atoms with van der Waals surface area (Å²) in [5.41, 5.74) is 12.4. The molecule has 5 nitrogen and oxygen atoms in total. The van der Waals surface area contributed by atoms with Crippen LogP contribution in [0.4, 0.5) is 5.82 Å². The number of benzene rings is 2. The van der Waals surface area contributed by atoms with Crippen molar-refractivity contribution in [3.8, 4) is 0 Å². The van der Waals surface area contributed by atoms with Gasteiger partial charge < -0.3 is 15.6 Å². The second kappa shape index (κ2) is 9.14. The van der Waals surface area contributed by atoms with E-state index in [9.17, 15) is 0 Å². The highest BCUT2D eigenvalue weighted by Gasteiger charge is 2.36. The molecule has 4 aromatic rings. The molecule has 0 unspecified atom stereocenters. The second-order valence-electron chi connectivity index (χ2n) is 9.98. The lowest BCUT2D eigenvalue weighted by Crippen LogP contribution is -2.17. The number of hydrogen-bond acceptors (Lipinski definition) is 4. The first kappa shape index (κ1) is 21.9. The molecule has 5 heteroatoms. The zero-order valence-electron chi connectivity index (χ0n) is 19.9. The van der Waals surface area contributed by atoms with Crippen molar-refractivity contribution >= 4 is 27.8 Å². The topological polar surface area (TPSA) is 68.8 Å². The van der Waals surface area contributed by atoms with E-state index in [2.05, 4.69) is 65.1 Å². The van der Waals surface area contributed by atoms with Gasteiger partial charge in [0.2, 0.25) is 0 Å². The van der Waals surface area contributed by atoms with E-state index in [4.69, 9.17) is 10.7 Å². The number of nitrogens with two attached hydrogens (primary N) is 1. The quantitative estimate of drug-likeness (QED) is 0.304. The average molecular weight is 442 g/mol. The number of nitrogen functional groups attached to an aromatic ring is 1. The van der Waals surface area contributed by atoms with E-state index >= 15 is 0 Å². The van der Waals surface area contributed by atoms with Gasteiger partial charge in [0.1, 0.15) is 11.3 Å². The molecule has 2 aromatic carbocycles. The van der Waals surface area contributed by atoms with Crippen LogP contribution < -0.4 is 11.1 Å². The molecule has 0 aliphatic heterocycles. The van der Waals surface area contributed by atoms with Gasteiger partial charge in [0.15, 0.2) is 5.82 Å². The van der Waals surface area contributed by atoms with Crippen LogP contribution in [0, 0.1) is 5.41 Å². The number of aryl methyl sites for hydroxylation is 1. The van der Waals surface area contributed by atoms with Crippen LogP contribution in [-0.4, -0.2) is 21.1 Å². The van der Waals surface area contributed by atoms with Crippen LogP contribution in [0.5, 0.6) is 0 Å². The maximum atomic E-state index is 6.34. The third-order valence-corrected chi connectivity index (χ3v) is 7.14. The summed E-state index contributed by atoms with van der Waals surface area (Å²) in [5, 5.41) is 4.72. The van der Waals surface area contributed by atoms with Crippen molar-refractivity contribution in [1.82, 2.24) is 19.9 Å². The van der Waals surface area contributed by atoms with Gasteiger partial charge in [-0.1, -0.05) is 62.7 Å². The van der Waals surface area contributed by atoms with E-state index in [1.54, 1.807) is 0 Å². The molecule has 172 valence electrons. The number of unbranched alkanes of at least 4 members (excludes halogenated alkanes) is 1. The van der Waals surface area contributed by atoms with Gasteiger partial charge in [-0.3, -0.25) is 0 Å². The van der Waals surface area contributed by atoms with Gasteiger partial charge in [-0.05, 0) is 54.8 Å². The summed E-state index contributed by atoms with van der Waals surface area (Å²) in [6, 6.07) is 17.2. The molecule has 0 amide bonds. The Morgan fingerprint density at radius 3 is 2.55 bits per heavy atom. The van der Waals surface area contributed by atoms with E-state index in [1.807, 2.05) is 12.1 Å². The van der Waals surface area contributed by atoms with Crippen molar-refractivity contribution in [3.05, 3.63) is 65.5 Å². The lowest BCUT2D eigenvalue weighted by molar-refractivity contribution is 0.486. The molecule has 5 rings (SSSR count). The SMILES string of the molecule is CCCCc1nc2c(N)nc3ccccc3c2n1Cc1ccc(CNCCC2(C)CC2)cc1. The second-order valence-corrected chi connectivity index (χ2v) is 9.98. The Hall–Kier alpha value is -2.92. The van der Waals surface area contributed by atoms with E-state index in [-0.39, 0.29) is 0 Å². The summed E-state index contributed by atoms with van der Waals surface area (Å²) in [4.78, 5) is 9.56. The Kier molecular flexibility index (Phi) is 6.07. The van der Waals surface area contributed by atoms with Crippen molar-refractivity contribution in [3.63, 3.8) is 0 Å². The number of pyridine rings is 1. The predicted octanol–water partition coefficient (Wildman–Crippen LogP) is 5.84. The molecule has 2 heterocycles. The molecule has 33 heavy (non-hydrogen) atoms. The van der Waals surface area contributed by atoms with Crippen molar-refractivity contribution in [2.24, 2.45) is 5.41 Å². The largest absolute Gasteiger partial charge is 0.382 e. The fraction of sp³-hybridized carbons (Fsp3) is 0.429. The number of imidazole rings is 1. The minimum Gasteiger partial charge on any atom is -0.382 e. The van der Waals surface area contributed by atoms with Crippen LogP contribution in [-0.2, 0) is 19.5 Å². The molecule has 0 atom stereocenters. The van der Waals surface area contributed by atoms with Crippen LogP contribution in [0.2, 0.25) is 0 Å². The monoisotopic (exact) mass is 441 g/mol. The highest BCUT2D eigenvalue weighted by molar-refractivity contribution is 6.06. The molecule has 0 saturated heterocycles. The maximum Gasteiger partial charge on any atom is 0.152 e. The zero-order valence-corrected chi connectivity index (χ0v) is 19.9. The normalized spacial score (nSPS) is 14.8. The molecule has 1 fully saturated rings. The van der Waals surface area contributed by atoms with Crippen LogP contribution in [0.25, 0.3) is 21.9 Å². The molecule has 0 bridgehead atoms. The summed E-state index contributed by atoms with van der Waals surface area (Å²) in [7, 11) is 0. The molecule has 2 aromatic heterocycles. The Balaban J connectivity index is 1.40. The van der Waals surface area contributed by atoms with Crippen LogP contribution >= 0.6 is 0 Å². The highest BCUT2D eigenvalue weighted by Crippen LogP contribution is 2.47. The lowest BCUT2D eigenvalue weighted by atomic mass is 10.1. The minimum atomic E-state index is 0.515. The van der Waals surface area contributed by atoms with E-state index in [0.717, 1.165) is 66.7 Å². The van der Waals surface area contributed by atoms with Crippen LogP contribution in [0.3, 0.4) is 0 Å². The number of para-hydroxylation sites is 1. The molecule has 1 aliphatic rings. The summed E-state index contributed by atoms with van der Waals surface area (Å²) in [6.45, 7) is 7.43. The average Bonchev–Trinajstić information content (AvgIpc) is 3.45. The molecule has 0 spiro atoms. The Bertz CT molecular complexity index is 1250. The standard InChI is InChI=1S/C28H35N5/c1-3-4-9-24-32-25-26(22-7-5-6-8-23(22)31-27(25)29)33(24)19-21-12-10-20(11-13-21)18-30-17-16-28(2)14-15-28/h5-8,10-13,30H,3-4,9,14-19H2,1-2H3,(H2,29,31). The number of anilines is 1. The number of nitrogens with zero attached hydrogens (tertiary/aromatic N) is 3. The van der Waals surface area contributed by atoms with Gasteiger partial charge in [0.05, 0.1) is 11.0 Å². The number of aromatic nitrogens is 3. The van der Waals surface area contributed by atoms with E-state index in [1.165, 1.54) is 30.4 Å². The number of hydrogen-bond donors (Lipinski definition) is 2. The fourth-order valence-corrected chi connectivity index (χ4v) is 4.63. The van der Waals surface area contributed by atoms with Crippen LogP contribution in [0.15, 0.2) is 48.5 Å². The third-order valence-electron chi connectivity index (χ3n) is 7.14. The summed E-state index contributed by atoms with van der Waals surface area (Å²) < 4.78 is 2.36. The number of fused-ring (bicyclic) bond motifs is 3. The molecule has 1 aliphatic carbocycles. The lowest BCUT2D eigenvalue weighted by Gasteiger charge is -2.12. The molecular formula is C28H35N5. The zero-order chi connectivity index (χ0) is 22.8. The molecule has 3 N–H and O–H groups in total. The molecular weight excluding hydrogens is 406 g/mol. The van der Waals surface area contributed by atoms with Crippen LogP contribution in [0.1, 0.15) is 62.9 Å². The number of rotatable bonds is 10. The van der Waals surface area contributed by atoms with Crippen molar-refractivity contribution in [2.75, 3.05) is 12.3 Å². The smallest absolute Gasteiger partial charge is 0.152 e. The van der Waals surface area contributed by atoms with E-state index < -0.39 is 0 Å². The predicted molar refractivity (Wildman–Crippen MR) is 137 cm³/mol. The van der Waals surface area contributed by atoms with Crippen molar-refractivity contribution in [1.29, 1.82) is 0 Å². The highest BCUT2D eigenvalue weighted by atomic mass is 15.1. The molecule has 0 radical (unpaired) electrons. The third kappa shape index (κ3) is 4.74. The van der Waals surface area contributed by atoms with Gasteiger partial charge in [-0.2, -0.15) is 0 Å². The maximum absolute atomic E-state index is 6.34. The van der Waals surface area contributed by atoms with Crippen molar-refractivity contribution < 1.29 is 0 Å².